The first kappa shape index (κ1) is 10.2. The van der Waals surface area contributed by atoms with E-state index in [1.807, 2.05) is 0 Å². The molecule has 15 heavy (non-hydrogen) atoms. The molecule has 2 rings (SSSR count). The SMILES string of the molecule is O=C(CC1CCNCC1)Nc1ccon1. The number of hydrogen-bond acceptors (Lipinski definition) is 4. The molecular formula is C10H15N3O2. The lowest BCUT2D eigenvalue weighted by Crippen LogP contribution is -2.30. The van der Waals surface area contributed by atoms with Gasteiger partial charge < -0.3 is 15.2 Å². The zero-order valence-electron chi connectivity index (χ0n) is 8.53. The Morgan fingerprint density at radius 2 is 2.40 bits per heavy atom. The number of rotatable bonds is 3. The van der Waals surface area contributed by atoms with E-state index < -0.39 is 0 Å². The number of anilines is 1. The maximum Gasteiger partial charge on any atom is 0.225 e. The first-order valence-corrected chi connectivity index (χ1v) is 5.25. The fraction of sp³-hybridized carbons (Fsp3) is 0.600. The fourth-order valence-corrected chi connectivity index (χ4v) is 1.82. The van der Waals surface area contributed by atoms with Crippen LogP contribution in [0.1, 0.15) is 19.3 Å². The largest absolute Gasteiger partial charge is 0.363 e. The normalized spacial score (nSPS) is 17.6. The Morgan fingerprint density at radius 3 is 3.07 bits per heavy atom. The van der Waals surface area contributed by atoms with Gasteiger partial charge in [0.05, 0.1) is 0 Å². The molecule has 1 aromatic rings. The van der Waals surface area contributed by atoms with Gasteiger partial charge in [-0.1, -0.05) is 5.16 Å². The highest BCUT2D eigenvalue weighted by Gasteiger charge is 2.17. The van der Waals surface area contributed by atoms with Gasteiger partial charge in [-0.2, -0.15) is 0 Å². The summed E-state index contributed by atoms with van der Waals surface area (Å²) in [6.45, 7) is 2.03. The molecule has 0 radical (unpaired) electrons. The van der Waals surface area contributed by atoms with Crippen molar-refractivity contribution in [2.24, 2.45) is 5.92 Å². The van der Waals surface area contributed by atoms with E-state index in [-0.39, 0.29) is 5.91 Å². The summed E-state index contributed by atoms with van der Waals surface area (Å²) in [4.78, 5) is 11.6. The van der Waals surface area contributed by atoms with E-state index in [0.29, 0.717) is 18.2 Å². The lowest BCUT2D eigenvalue weighted by Gasteiger charge is -2.21. The Bertz CT molecular complexity index is 304. The molecule has 1 aliphatic rings. The monoisotopic (exact) mass is 209 g/mol. The van der Waals surface area contributed by atoms with Crippen molar-refractivity contribution in [2.45, 2.75) is 19.3 Å². The summed E-state index contributed by atoms with van der Waals surface area (Å²) >= 11 is 0. The number of nitrogens with zero attached hydrogens (tertiary/aromatic N) is 1. The molecule has 0 aliphatic carbocycles. The van der Waals surface area contributed by atoms with Gasteiger partial charge in [0.25, 0.3) is 0 Å². The fourth-order valence-electron chi connectivity index (χ4n) is 1.82. The third-order valence-electron chi connectivity index (χ3n) is 2.64. The molecule has 5 nitrogen and oxygen atoms in total. The number of nitrogens with one attached hydrogen (secondary N) is 2. The van der Waals surface area contributed by atoms with Crippen molar-refractivity contribution < 1.29 is 9.32 Å². The number of hydrogen-bond donors (Lipinski definition) is 2. The van der Waals surface area contributed by atoms with Gasteiger partial charge in [-0.3, -0.25) is 4.79 Å². The quantitative estimate of drug-likeness (QED) is 0.779. The van der Waals surface area contributed by atoms with Crippen LogP contribution in [-0.4, -0.2) is 24.2 Å². The third-order valence-corrected chi connectivity index (χ3v) is 2.64. The number of carbonyl (C=O) groups excluding carboxylic acids is 1. The van der Waals surface area contributed by atoms with Crippen LogP contribution < -0.4 is 10.6 Å². The molecule has 82 valence electrons. The van der Waals surface area contributed by atoms with Gasteiger partial charge in [0.1, 0.15) is 6.26 Å². The summed E-state index contributed by atoms with van der Waals surface area (Å²) in [5.41, 5.74) is 0. The second kappa shape index (κ2) is 4.93. The van der Waals surface area contributed by atoms with Gasteiger partial charge in [-0.15, -0.1) is 0 Å². The average molecular weight is 209 g/mol. The summed E-state index contributed by atoms with van der Waals surface area (Å²) < 4.78 is 4.63. The van der Waals surface area contributed by atoms with Crippen LogP contribution in [0.3, 0.4) is 0 Å². The van der Waals surface area contributed by atoms with Crippen molar-refractivity contribution in [3.8, 4) is 0 Å². The van der Waals surface area contributed by atoms with E-state index in [1.54, 1.807) is 6.07 Å². The minimum Gasteiger partial charge on any atom is -0.363 e. The second-order valence-corrected chi connectivity index (χ2v) is 3.83. The van der Waals surface area contributed by atoms with Gasteiger partial charge >= 0.3 is 0 Å². The molecule has 1 aliphatic heterocycles. The van der Waals surface area contributed by atoms with Gasteiger partial charge in [0, 0.05) is 12.5 Å². The minimum atomic E-state index is 0.0239. The van der Waals surface area contributed by atoms with Crippen LogP contribution in [0.15, 0.2) is 16.9 Å². The van der Waals surface area contributed by atoms with E-state index in [1.165, 1.54) is 6.26 Å². The topological polar surface area (TPSA) is 67.2 Å². The third kappa shape index (κ3) is 3.06. The molecule has 2 heterocycles. The number of piperidine rings is 1. The summed E-state index contributed by atoms with van der Waals surface area (Å²) in [6.07, 6.45) is 4.17. The lowest BCUT2D eigenvalue weighted by atomic mass is 9.94. The molecule has 0 bridgehead atoms. The summed E-state index contributed by atoms with van der Waals surface area (Å²) in [6, 6.07) is 1.64. The molecule has 0 unspecified atom stereocenters. The minimum absolute atomic E-state index is 0.0239. The van der Waals surface area contributed by atoms with Gasteiger partial charge in [0.15, 0.2) is 5.82 Å². The van der Waals surface area contributed by atoms with Crippen molar-refractivity contribution in [3.63, 3.8) is 0 Å². The van der Waals surface area contributed by atoms with Crippen molar-refractivity contribution in [3.05, 3.63) is 12.3 Å². The number of carbonyl (C=O) groups is 1. The first-order chi connectivity index (χ1) is 7.34. The van der Waals surface area contributed by atoms with E-state index in [4.69, 9.17) is 0 Å². The average Bonchev–Trinajstić information content (AvgIpc) is 2.71. The number of amides is 1. The lowest BCUT2D eigenvalue weighted by molar-refractivity contribution is -0.117. The standard InChI is InChI=1S/C10H15N3O2/c14-10(12-9-3-6-15-13-9)7-8-1-4-11-5-2-8/h3,6,8,11H,1-2,4-5,7H2,(H,12,13,14). The molecule has 5 heteroatoms. The van der Waals surface area contributed by atoms with E-state index in [9.17, 15) is 4.79 Å². The number of aromatic nitrogens is 1. The second-order valence-electron chi connectivity index (χ2n) is 3.83. The van der Waals surface area contributed by atoms with Crippen LogP contribution in [0, 0.1) is 5.92 Å². The molecule has 1 amide bonds. The molecule has 1 aromatic heterocycles. The van der Waals surface area contributed by atoms with E-state index in [2.05, 4.69) is 20.3 Å². The predicted molar refractivity (Wildman–Crippen MR) is 55.3 cm³/mol. The smallest absolute Gasteiger partial charge is 0.225 e. The highest BCUT2D eigenvalue weighted by molar-refractivity contribution is 5.89. The highest BCUT2D eigenvalue weighted by atomic mass is 16.5. The van der Waals surface area contributed by atoms with E-state index >= 15 is 0 Å². The zero-order valence-corrected chi connectivity index (χ0v) is 8.53. The highest BCUT2D eigenvalue weighted by Crippen LogP contribution is 2.16. The van der Waals surface area contributed by atoms with E-state index in [0.717, 1.165) is 25.9 Å². The molecule has 1 saturated heterocycles. The summed E-state index contributed by atoms with van der Waals surface area (Å²) in [7, 11) is 0. The van der Waals surface area contributed by atoms with Crippen molar-refractivity contribution in [1.29, 1.82) is 0 Å². The zero-order chi connectivity index (χ0) is 10.5. The van der Waals surface area contributed by atoms with Crippen molar-refractivity contribution >= 4 is 11.7 Å². The molecule has 0 atom stereocenters. The van der Waals surface area contributed by atoms with Crippen LogP contribution in [0.25, 0.3) is 0 Å². The van der Waals surface area contributed by atoms with Gasteiger partial charge in [-0.05, 0) is 31.8 Å². The maximum absolute atomic E-state index is 11.6. The summed E-state index contributed by atoms with van der Waals surface area (Å²) in [5, 5.41) is 9.61. The molecular weight excluding hydrogens is 194 g/mol. The first-order valence-electron chi connectivity index (χ1n) is 5.25. The molecule has 2 N–H and O–H groups in total. The summed E-state index contributed by atoms with van der Waals surface area (Å²) in [5.74, 6) is 1.02. The Labute approximate surface area is 88.2 Å². The Hall–Kier alpha value is -1.36. The van der Waals surface area contributed by atoms with Crippen molar-refractivity contribution in [1.82, 2.24) is 10.5 Å². The van der Waals surface area contributed by atoms with Crippen LogP contribution in [-0.2, 0) is 4.79 Å². The van der Waals surface area contributed by atoms with Gasteiger partial charge in [-0.25, -0.2) is 0 Å². The van der Waals surface area contributed by atoms with Gasteiger partial charge in [0.2, 0.25) is 5.91 Å². The molecule has 0 spiro atoms. The molecule has 0 saturated carbocycles. The Kier molecular flexibility index (Phi) is 3.34. The van der Waals surface area contributed by atoms with Crippen molar-refractivity contribution in [2.75, 3.05) is 18.4 Å². The van der Waals surface area contributed by atoms with Crippen LogP contribution in [0.2, 0.25) is 0 Å². The van der Waals surface area contributed by atoms with Crippen LogP contribution >= 0.6 is 0 Å². The Balaban J connectivity index is 1.76. The van der Waals surface area contributed by atoms with Crippen LogP contribution in [0.4, 0.5) is 5.82 Å². The van der Waals surface area contributed by atoms with Crippen LogP contribution in [0.5, 0.6) is 0 Å². The predicted octanol–water partition coefficient (Wildman–Crippen LogP) is 1.00. The molecule has 1 fully saturated rings. The Morgan fingerprint density at radius 1 is 1.60 bits per heavy atom. The maximum atomic E-state index is 11.6. The molecule has 0 aromatic carbocycles.